The largest absolute Gasteiger partial charge is 0.469 e. The SMILES string of the molecule is COC(=O)C1CC[C@@](O)(c2ncc(-c3cccc(Br)n3)s2)CC1(C)C. The van der Waals surface area contributed by atoms with E-state index in [2.05, 4.69) is 25.9 Å². The number of hydrogen-bond acceptors (Lipinski definition) is 6. The molecule has 0 saturated heterocycles. The lowest BCUT2D eigenvalue weighted by atomic mass is 9.63. The molecule has 1 aliphatic rings. The van der Waals surface area contributed by atoms with Crippen LogP contribution in [0.2, 0.25) is 0 Å². The van der Waals surface area contributed by atoms with Crippen LogP contribution in [0.5, 0.6) is 0 Å². The molecule has 1 saturated carbocycles. The zero-order valence-electron chi connectivity index (χ0n) is 14.5. The Morgan fingerprint density at radius 2 is 2.20 bits per heavy atom. The van der Waals surface area contributed by atoms with Crippen molar-refractivity contribution in [1.29, 1.82) is 0 Å². The molecule has 1 aliphatic carbocycles. The summed E-state index contributed by atoms with van der Waals surface area (Å²) in [5.74, 6) is -0.408. The fraction of sp³-hybridized carbons (Fsp3) is 0.500. The molecule has 5 nitrogen and oxygen atoms in total. The van der Waals surface area contributed by atoms with Crippen molar-refractivity contribution in [2.45, 2.75) is 38.7 Å². The highest BCUT2D eigenvalue weighted by atomic mass is 79.9. The summed E-state index contributed by atoms with van der Waals surface area (Å²) in [7, 11) is 1.41. The summed E-state index contributed by atoms with van der Waals surface area (Å²) in [6.45, 7) is 4.01. The van der Waals surface area contributed by atoms with Gasteiger partial charge in [-0.05, 0) is 52.7 Å². The summed E-state index contributed by atoms with van der Waals surface area (Å²) in [4.78, 5) is 21.9. The molecule has 2 aromatic rings. The van der Waals surface area contributed by atoms with Crippen LogP contribution < -0.4 is 0 Å². The number of carbonyl (C=O) groups is 1. The maximum Gasteiger partial charge on any atom is 0.309 e. The number of nitrogens with zero attached hydrogens (tertiary/aromatic N) is 2. The minimum Gasteiger partial charge on any atom is -0.469 e. The second kappa shape index (κ2) is 6.78. The number of aliphatic hydroxyl groups is 1. The van der Waals surface area contributed by atoms with Crippen LogP contribution in [-0.4, -0.2) is 28.2 Å². The summed E-state index contributed by atoms with van der Waals surface area (Å²) < 4.78 is 5.69. The number of aromatic nitrogens is 2. The van der Waals surface area contributed by atoms with E-state index in [4.69, 9.17) is 4.74 Å². The first-order valence-corrected chi connectivity index (χ1v) is 9.75. The van der Waals surface area contributed by atoms with Crippen LogP contribution in [0.1, 0.15) is 38.1 Å². The standard InChI is InChI=1S/C18H21BrN2O3S/c1-17(2)10-18(23,8-7-11(17)15(22)24-3)16-20-9-13(25-16)12-5-4-6-14(19)21-12/h4-6,9,11,23H,7-8,10H2,1-3H3/t11?,18-/m0/s1. The van der Waals surface area contributed by atoms with E-state index in [0.717, 1.165) is 15.2 Å². The smallest absolute Gasteiger partial charge is 0.309 e. The molecule has 0 bridgehead atoms. The fourth-order valence-electron chi connectivity index (χ4n) is 3.65. The Hall–Kier alpha value is -1.31. The molecule has 134 valence electrons. The summed E-state index contributed by atoms with van der Waals surface area (Å²) >= 11 is 4.83. The number of hydrogen-bond donors (Lipinski definition) is 1. The molecule has 0 amide bonds. The molecular weight excluding hydrogens is 404 g/mol. The van der Waals surface area contributed by atoms with Crippen molar-refractivity contribution in [3.05, 3.63) is 34.0 Å². The number of rotatable bonds is 3. The molecule has 1 fully saturated rings. The number of halogens is 1. The van der Waals surface area contributed by atoms with Gasteiger partial charge in [-0.3, -0.25) is 4.79 Å². The summed E-state index contributed by atoms with van der Waals surface area (Å²) in [5, 5.41) is 11.9. The van der Waals surface area contributed by atoms with E-state index in [0.29, 0.717) is 24.3 Å². The average molecular weight is 425 g/mol. The van der Waals surface area contributed by atoms with Gasteiger partial charge in [-0.2, -0.15) is 0 Å². The van der Waals surface area contributed by atoms with Crippen LogP contribution in [0.25, 0.3) is 10.6 Å². The van der Waals surface area contributed by atoms with Gasteiger partial charge in [0.05, 0.1) is 23.6 Å². The monoisotopic (exact) mass is 424 g/mol. The lowest BCUT2D eigenvalue weighted by Crippen LogP contribution is -2.45. The maximum absolute atomic E-state index is 12.0. The van der Waals surface area contributed by atoms with Crippen LogP contribution >= 0.6 is 27.3 Å². The molecule has 0 aromatic carbocycles. The molecule has 0 radical (unpaired) electrons. The molecule has 0 aliphatic heterocycles. The molecule has 7 heteroatoms. The van der Waals surface area contributed by atoms with E-state index in [1.54, 1.807) is 6.20 Å². The van der Waals surface area contributed by atoms with Crippen LogP contribution in [0, 0.1) is 11.3 Å². The number of thiazole rings is 1. The fourth-order valence-corrected chi connectivity index (χ4v) is 5.00. The van der Waals surface area contributed by atoms with Crippen molar-refractivity contribution < 1.29 is 14.6 Å². The highest BCUT2D eigenvalue weighted by Crippen LogP contribution is 2.51. The first kappa shape index (κ1) is 18.5. The topological polar surface area (TPSA) is 72.3 Å². The van der Waals surface area contributed by atoms with E-state index in [9.17, 15) is 9.90 Å². The molecule has 2 heterocycles. The third-order valence-electron chi connectivity index (χ3n) is 4.90. The van der Waals surface area contributed by atoms with E-state index >= 15 is 0 Å². The maximum atomic E-state index is 12.0. The normalized spacial score (nSPS) is 25.6. The Bertz CT molecular complexity index is 792. The molecule has 1 unspecified atom stereocenters. The Balaban J connectivity index is 1.86. The first-order valence-electron chi connectivity index (χ1n) is 8.15. The van der Waals surface area contributed by atoms with E-state index in [1.807, 2.05) is 32.0 Å². The van der Waals surface area contributed by atoms with Crippen LogP contribution in [0.15, 0.2) is 29.0 Å². The van der Waals surface area contributed by atoms with Gasteiger partial charge in [-0.25, -0.2) is 9.97 Å². The van der Waals surface area contributed by atoms with Crippen LogP contribution in [0.3, 0.4) is 0 Å². The van der Waals surface area contributed by atoms with Gasteiger partial charge in [-0.15, -0.1) is 11.3 Å². The van der Waals surface area contributed by atoms with Crippen molar-refractivity contribution in [3.8, 4) is 10.6 Å². The van der Waals surface area contributed by atoms with Crippen molar-refractivity contribution in [3.63, 3.8) is 0 Å². The molecule has 3 rings (SSSR count). The Kier molecular flexibility index (Phi) is 5.01. The third-order valence-corrected chi connectivity index (χ3v) is 6.55. The van der Waals surface area contributed by atoms with Gasteiger partial charge in [0.25, 0.3) is 0 Å². The lowest BCUT2D eigenvalue weighted by Gasteiger charge is -2.44. The predicted molar refractivity (Wildman–Crippen MR) is 100 cm³/mol. The number of ether oxygens (including phenoxy) is 1. The van der Waals surface area contributed by atoms with Gasteiger partial charge >= 0.3 is 5.97 Å². The number of esters is 1. The zero-order chi connectivity index (χ0) is 18.2. The average Bonchev–Trinajstić information content (AvgIpc) is 3.04. The Morgan fingerprint density at radius 1 is 1.44 bits per heavy atom. The summed E-state index contributed by atoms with van der Waals surface area (Å²) in [6.07, 6.45) is 3.31. The Morgan fingerprint density at radius 3 is 2.84 bits per heavy atom. The van der Waals surface area contributed by atoms with Crippen LogP contribution in [0.4, 0.5) is 0 Å². The van der Waals surface area contributed by atoms with Crippen molar-refractivity contribution in [2.75, 3.05) is 7.11 Å². The zero-order valence-corrected chi connectivity index (χ0v) is 16.9. The van der Waals surface area contributed by atoms with Gasteiger partial charge in [0.2, 0.25) is 0 Å². The molecule has 2 atom stereocenters. The summed E-state index contributed by atoms with van der Waals surface area (Å²) in [6, 6.07) is 5.71. The van der Waals surface area contributed by atoms with E-state index in [-0.39, 0.29) is 17.3 Å². The highest BCUT2D eigenvalue weighted by Gasteiger charge is 2.49. The number of carbonyl (C=O) groups excluding carboxylic acids is 1. The van der Waals surface area contributed by atoms with Gasteiger partial charge < -0.3 is 9.84 Å². The number of pyridine rings is 1. The molecule has 2 aromatic heterocycles. The van der Waals surface area contributed by atoms with E-state index in [1.165, 1.54) is 18.4 Å². The predicted octanol–water partition coefficient (Wildman–Crippen LogP) is 4.15. The lowest BCUT2D eigenvalue weighted by molar-refractivity contribution is -0.157. The molecule has 0 spiro atoms. The molecular formula is C18H21BrN2O3S. The van der Waals surface area contributed by atoms with Gasteiger partial charge in [0, 0.05) is 6.20 Å². The van der Waals surface area contributed by atoms with E-state index < -0.39 is 5.60 Å². The third kappa shape index (κ3) is 3.64. The van der Waals surface area contributed by atoms with Crippen molar-refractivity contribution in [2.24, 2.45) is 11.3 Å². The number of methoxy groups -OCH3 is 1. The highest BCUT2D eigenvalue weighted by molar-refractivity contribution is 9.10. The second-order valence-electron chi connectivity index (χ2n) is 7.19. The quantitative estimate of drug-likeness (QED) is 0.591. The van der Waals surface area contributed by atoms with Gasteiger partial charge in [0.1, 0.15) is 15.2 Å². The van der Waals surface area contributed by atoms with Crippen molar-refractivity contribution >= 4 is 33.2 Å². The van der Waals surface area contributed by atoms with Gasteiger partial charge in [-0.1, -0.05) is 19.9 Å². The Labute approximate surface area is 159 Å². The molecule has 25 heavy (non-hydrogen) atoms. The molecule has 1 N–H and O–H groups in total. The van der Waals surface area contributed by atoms with Gasteiger partial charge in [0.15, 0.2) is 0 Å². The second-order valence-corrected chi connectivity index (χ2v) is 9.03. The summed E-state index contributed by atoms with van der Waals surface area (Å²) in [5.41, 5.74) is -0.563. The first-order chi connectivity index (χ1) is 11.7. The minimum absolute atomic E-state index is 0.204. The minimum atomic E-state index is -1.02. The van der Waals surface area contributed by atoms with Crippen LogP contribution in [-0.2, 0) is 15.1 Å². The van der Waals surface area contributed by atoms with Crippen molar-refractivity contribution in [1.82, 2.24) is 9.97 Å².